The number of aromatic nitrogens is 4. The second-order valence-electron chi connectivity index (χ2n) is 8.38. The van der Waals surface area contributed by atoms with E-state index in [4.69, 9.17) is 35.3 Å². The van der Waals surface area contributed by atoms with E-state index in [1.54, 1.807) is 4.57 Å². The fraction of sp³-hybridized carbons (Fsp3) is 0.667. The SMILES string of the molecule is CC(C)(CN)SSCOC1C[C@H]([n+]2cnc(N)c3[nH]cnc32)O[C@@H]1COP(=O)(O)OP(=O)(O)OP(=O)(O)O. The topological polar surface area (TPSA) is 276 Å². The van der Waals surface area contributed by atoms with Crippen LogP contribution in [-0.2, 0) is 36.3 Å². The zero-order chi connectivity index (χ0) is 28.4. The van der Waals surface area contributed by atoms with Gasteiger partial charge in [-0.15, -0.1) is 0 Å². The van der Waals surface area contributed by atoms with Crippen molar-refractivity contribution in [3.05, 3.63) is 12.7 Å². The van der Waals surface area contributed by atoms with Gasteiger partial charge in [-0.1, -0.05) is 31.6 Å². The number of rotatable bonds is 14. The fourth-order valence-electron chi connectivity index (χ4n) is 3.13. The number of fused-ring (bicyclic) bond motifs is 1. The molecule has 23 heteroatoms. The first kappa shape index (κ1) is 31.9. The summed E-state index contributed by atoms with van der Waals surface area (Å²) >= 11 is 0. The van der Waals surface area contributed by atoms with Gasteiger partial charge < -0.3 is 45.5 Å². The van der Waals surface area contributed by atoms with Crippen molar-refractivity contribution < 1.29 is 60.5 Å². The summed E-state index contributed by atoms with van der Waals surface area (Å²) in [4.78, 5) is 47.7. The number of ether oxygens (including phenoxy) is 2. The van der Waals surface area contributed by atoms with Gasteiger partial charge in [-0.2, -0.15) is 8.62 Å². The Balaban J connectivity index is 1.72. The zero-order valence-electron chi connectivity index (χ0n) is 19.9. The third-order valence-electron chi connectivity index (χ3n) is 4.86. The first-order valence-corrected chi connectivity index (χ1v) is 17.4. The molecule has 2 aromatic rings. The second-order valence-corrected chi connectivity index (χ2v) is 15.7. The molecule has 0 aromatic carbocycles. The quantitative estimate of drug-likeness (QED) is 0.0496. The molecule has 1 aliphatic rings. The molecule has 5 atom stereocenters. The van der Waals surface area contributed by atoms with Gasteiger partial charge in [-0.25, -0.2) is 18.3 Å². The molecule has 1 fully saturated rings. The van der Waals surface area contributed by atoms with Crippen molar-refractivity contribution in [2.75, 3.05) is 24.8 Å². The number of nitrogens with two attached hydrogens (primary N) is 2. The molecule has 18 nitrogen and oxygen atoms in total. The molecular weight excluding hydrogens is 613 g/mol. The van der Waals surface area contributed by atoms with E-state index in [0.717, 1.165) is 0 Å². The maximum absolute atomic E-state index is 12.2. The highest BCUT2D eigenvalue weighted by Gasteiger charge is 2.44. The van der Waals surface area contributed by atoms with Gasteiger partial charge >= 0.3 is 23.5 Å². The second kappa shape index (κ2) is 12.5. The first-order valence-electron chi connectivity index (χ1n) is 10.6. The minimum atomic E-state index is -5.66. The number of phosphoric acid groups is 3. The summed E-state index contributed by atoms with van der Waals surface area (Å²) in [5.41, 5.74) is 12.5. The lowest BCUT2D eigenvalue weighted by molar-refractivity contribution is -0.740. The predicted octanol–water partition coefficient (Wildman–Crippen LogP) is 0.920. The minimum absolute atomic E-state index is 0.184. The largest absolute Gasteiger partial charge is 0.490 e. The molecule has 0 radical (unpaired) electrons. The normalized spacial score (nSPS) is 23.9. The van der Waals surface area contributed by atoms with Crippen molar-refractivity contribution in [2.24, 2.45) is 5.73 Å². The van der Waals surface area contributed by atoms with Gasteiger partial charge in [-0.3, -0.25) is 4.52 Å². The summed E-state index contributed by atoms with van der Waals surface area (Å²) in [7, 11) is -13.7. The molecule has 0 amide bonds. The van der Waals surface area contributed by atoms with Crippen molar-refractivity contribution in [1.29, 1.82) is 0 Å². The van der Waals surface area contributed by atoms with Crippen molar-refractivity contribution in [3.63, 3.8) is 0 Å². The summed E-state index contributed by atoms with van der Waals surface area (Å²) in [6.07, 6.45) is 0.596. The van der Waals surface area contributed by atoms with E-state index in [2.05, 4.69) is 23.6 Å². The van der Waals surface area contributed by atoms with Crippen LogP contribution < -0.4 is 16.0 Å². The lowest BCUT2D eigenvalue weighted by atomic mass is 10.2. The van der Waals surface area contributed by atoms with Crippen LogP contribution in [0.1, 0.15) is 26.5 Å². The van der Waals surface area contributed by atoms with Crippen molar-refractivity contribution >= 4 is 62.0 Å². The first-order chi connectivity index (χ1) is 17.5. The van der Waals surface area contributed by atoms with Gasteiger partial charge in [0.2, 0.25) is 12.1 Å². The Morgan fingerprint density at radius 3 is 2.58 bits per heavy atom. The fourth-order valence-corrected chi connectivity index (χ4v) is 8.29. The summed E-state index contributed by atoms with van der Waals surface area (Å²) in [5, 5.41) is 0. The number of nitrogens with zero attached hydrogens (tertiary/aromatic N) is 3. The Morgan fingerprint density at radius 2 is 1.92 bits per heavy atom. The van der Waals surface area contributed by atoms with Gasteiger partial charge in [-0.05, 0) is 13.8 Å². The van der Waals surface area contributed by atoms with Crippen LogP contribution in [-0.4, -0.2) is 70.6 Å². The number of H-pyrrole nitrogens is 1. The number of imidazole rings is 1. The van der Waals surface area contributed by atoms with E-state index < -0.39 is 48.5 Å². The van der Waals surface area contributed by atoms with Crippen LogP contribution in [0.15, 0.2) is 12.7 Å². The number of nitrogen functional groups attached to an aromatic ring is 1. The average Bonchev–Trinajstić information content (AvgIpc) is 3.41. The van der Waals surface area contributed by atoms with Gasteiger partial charge in [0.15, 0.2) is 18.1 Å². The molecule has 2 aromatic heterocycles. The molecule has 0 spiro atoms. The van der Waals surface area contributed by atoms with E-state index in [9.17, 15) is 23.5 Å². The summed E-state index contributed by atoms with van der Waals surface area (Å²) < 4.78 is 60.1. The van der Waals surface area contributed by atoms with Crippen molar-refractivity contribution in [3.8, 4) is 0 Å². The molecule has 1 saturated heterocycles. The molecule has 0 aliphatic carbocycles. The molecule has 3 unspecified atom stereocenters. The highest BCUT2D eigenvalue weighted by molar-refractivity contribution is 8.77. The molecule has 38 heavy (non-hydrogen) atoms. The number of nitrogens with one attached hydrogen (secondary N) is 1. The van der Waals surface area contributed by atoms with Crippen LogP contribution in [0.3, 0.4) is 0 Å². The molecular formula is C15H28N6O12P3S2+. The van der Waals surface area contributed by atoms with Gasteiger partial charge in [0.05, 0.1) is 12.7 Å². The van der Waals surface area contributed by atoms with Gasteiger partial charge in [0, 0.05) is 17.7 Å². The zero-order valence-corrected chi connectivity index (χ0v) is 24.2. The highest BCUT2D eigenvalue weighted by Crippen LogP contribution is 2.66. The molecule has 1 aliphatic heterocycles. The Bertz CT molecular complexity index is 1260. The van der Waals surface area contributed by atoms with Crippen molar-refractivity contribution in [2.45, 2.75) is 43.5 Å². The van der Waals surface area contributed by atoms with E-state index in [1.165, 1.54) is 34.2 Å². The lowest BCUT2D eigenvalue weighted by Crippen LogP contribution is -2.41. The van der Waals surface area contributed by atoms with Crippen LogP contribution in [0, 0.1) is 0 Å². The molecule has 3 rings (SSSR count). The van der Waals surface area contributed by atoms with Gasteiger partial charge in [0.1, 0.15) is 12.0 Å². The smallest absolute Gasteiger partial charge is 0.368 e. The maximum atomic E-state index is 12.2. The highest BCUT2D eigenvalue weighted by atomic mass is 33.1. The van der Waals surface area contributed by atoms with E-state index in [-0.39, 0.29) is 22.9 Å². The Morgan fingerprint density at radius 1 is 1.21 bits per heavy atom. The van der Waals surface area contributed by atoms with E-state index in [1.807, 2.05) is 13.8 Å². The molecule has 216 valence electrons. The third kappa shape index (κ3) is 9.19. The van der Waals surface area contributed by atoms with Crippen molar-refractivity contribution in [1.82, 2.24) is 15.0 Å². The van der Waals surface area contributed by atoms with E-state index >= 15 is 0 Å². The number of phosphoric ester groups is 1. The Kier molecular flexibility index (Phi) is 10.5. The summed E-state index contributed by atoms with van der Waals surface area (Å²) in [6.45, 7) is 3.68. The minimum Gasteiger partial charge on any atom is -0.368 e. The average molecular weight is 641 g/mol. The number of anilines is 1. The molecule has 3 heterocycles. The van der Waals surface area contributed by atoms with Crippen LogP contribution in [0.25, 0.3) is 11.2 Å². The Hall–Kier alpha value is -0.660. The predicted molar refractivity (Wildman–Crippen MR) is 135 cm³/mol. The van der Waals surface area contributed by atoms with Crippen LogP contribution in [0.4, 0.5) is 5.82 Å². The summed E-state index contributed by atoms with van der Waals surface area (Å²) in [5.74, 6) is 0.392. The van der Waals surface area contributed by atoms with Crippen LogP contribution in [0.2, 0.25) is 0 Å². The Labute approximate surface area is 224 Å². The monoisotopic (exact) mass is 641 g/mol. The summed E-state index contributed by atoms with van der Waals surface area (Å²) in [6, 6.07) is 0. The molecule has 0 bridgehead atoms. The van der Waals surface area contributed by atoms with Crippen LogP contribution in [0.5, 0.6) is 0 Å². The van der Waals surface area contributed by atoms with Gasteiger partial charge in [0.25, 0.3) is 5.65 Å². The number of hydrogen-bond donors (Lipinski definition) is 7. The number of aromatic amines is 1. The maximum Gasteiger partial charge on any atom is 0.490 e. The van der Waals surface area contributed by atoms with Crippen LogP contribution >= 0.6 is 45.1 Å². The van der Waals surface area contributed by atoms with E-state index in [0.29, 0.717) is 17.7 Å². The molecule has 9 N–H and O–H groups in total. The lowest BCUT2D eigenvalue weighted by Gasteiger charge is -2.22. The molecule has 0 saturated carbocycles. The third-order valence-corrected chi connectivity index (χ3v) is 11.6. The number of hydrogen-bond acceptors (Lipinski definition) is 14. The standard InChI is InChI=1S/C15H27N6O12P3S2/c1-15(2,5-16)38-37-8-29-9-3-11(21-7-20-13(17)12-14(21)19-6-18-12)31-10(9)4-30-35(25,26)33-36(27,28)32-34(22,23)24/h6-7,9-11H,3-5,8,16H2,1-2H3,(H6,17,18,19,22,23,24,25,26,27,28)/p+1/t9?,10-,11-/m1/s1.